The molecule has 0 heterocycles. The number of allylic oxidation sites excluding steroid dienone is 2. The van der Waals surface area contributed by atoms with E-state index in [4.69, 9.17) is 9.47 Å². The average molecular weight is 302 g/mol. The van der Waals surface area contributed by atoms with Crippen LogP contribution in [-0.4, -0.2) is 19.5 Å². The second-order valence-electron chi connectivity index (χ2n) is 5.59. The molecular formula is C20H30O2. The van der Waals surface area contributed by atoms with Crippen LogP contribution in [0.4, 0.5) is 0 Å². The second-order valence-corrected chi connectivity index (χ2v) is 5.59. The topological polar surface area (TPSA) is 18.5 Å². The van der Waals surface area contributed by atoms with Crippen LogP contribution in [-0.2, 0) is 15.9 Å². The first-order valence-corrected chi connectivity index (χ1v) is 8.24. The molecule has 0 fully saturated rings. The molecule has 0 aliphatic carbocycles. The Hall–Kier alpha value is -1.38. The van der Waals surface area contributed by atoms with Crippen molar-refractivity contribution in [2.24, 2.45) is 0 Å². The van der Waals surface area contributed by atoms with Gasteiger partial charge in [-0.15, -0.1) is 0 Å². The predicted molar refractivity (Wildman–Crippen MR) is 93.9 cm³/mol. The van der Waals surface area contributed by atoms with Crippen molar-refractivity contribution < 1.29 is 9.47 Å². The van der Waals surface area contributed by atoms with Gasteiger partial charge < -0.3 is 9.47 Å². The van der Waals surface area contributed by atoms with Gasteiger partial charge in [-0.1, -0.05) is 67.5 Å². The Labute approximate surface area is 135 Å². The van der Waals surface area contributed by atoms with Gasteiger partial charge in [0.15, 0.2) is 6.29 Å². The van der Waals surface area contributed by atoms with E-state index in [9.17, 15) is 0 Å². The summed E-state index contributed by atoms with van der Waals surface area (Å²) >= 11 is 0. The normalized spacial score (nSPS) is 14.2. The van der Waals surface area contributed by atoms with Gasteiger partial charge in [-0.2, -0.15) is 0 Å². The molecule has 1 unspecified atom stereocenters. The monoisotopic (exact) mass is 302 g/mol. The first kappa shape index (κ1) is 18.7. The lowest BCUT2D eigenvalue weighted by Gasteiger charge is -2.17. The zero-order chi connectivity index (χ0) is 16.2. The van der Waals surface area contributed by atoms with Crippen LogP contribution < -0.4 is 0 Å². The minimum atomic E-state index is -0.204. The molecule has 1 aromatic carbocycles. The Bertz CT molecular complexity index is 436. The lowest BCUT2D eigenvalue weighted by Crippen LogP contribution is -2.20. The zero-order valence-electron chi connectivity index (χ0n) is 14.5. The highest BCUT2D eigenvalue weighted by atomic mass is 16.7. The molecule has 2 heteroatoms. The van der Waals surface area contributed by atoms with E-state index in [1.165, 1.54) is 16.7 Å². The Balaban J connectivity index is 2.56. The van der Waals surface area contributed by atoms with Crippen molar-refractivity contribution in [2.45, 2.75) is 53.2 Å². The van der Waals surface area contributed by atoms with E-state index >= 15 is 0 Å². The number of ether oxygens (including phenoxy) is 2. The lowest BCUT2D eigenvalue weighted by atomic mass is 10.1. The van der Waals surface area contributed by atoms with Gasteiger partial charge in [0, 0.05) is 6.42 Å². The molecule has 1 rings (SSSR count). The van der Waals surface area contributed by atoms with Gasteiger partial charge in [-0.3, -0.25) is 0 Å². The summed E-state index contributed by atoms with van der Waals surface area (Å²) in [4.78, 5) is 0. The summed E-state index contributed by atoms with van der Waals surface area (Å²) in [5, 5.41) is 0. The van der Waals surface area contributed by atoms with Crippen LogP contribution in [0.1, 0.15) is 46.1 Å². The average Bonchev–Trinajstić information content (AvgIpc) is 2.55. The third-order valence-corrected chi connectivity index (χ3v) is 3.79. The molecule has 0 saturated carbocycles. The maximum atomic E-state index is 5.91. The molecule has 122 valence electrons. The summed E-state index contributed by atoms with van der Waals surface area (Å²) in [6, 6.07) is 10.4. The predicted octanol–water partition coefficient (Wildman–Crippen LogP) is 5.30. The number of benzene rings is 1. The Kier molecular flexibility index (Phi) is 9.52. The van der Waals surface area contributed by atoms with Crippen molar-refractivity contribution >= 4 is 0 Å². The molecule has 0 spiro atoms. The van der Waals surface area contributed by atoms with Gasteiger partial charge in [0.2, 0.25) is 0 Å². The Morgan fingerprint density at radius 1 is 0.909 bits per heavy atom. The van der Waals surface area contributed by atoms with Gasteiger partial charge in [-0.25, -0.2) is 0 Å². The summed E-state index contributed by atoms with van der Waals surface area (Å²) in [5.41, 5.74) is 3.93. The quantitative estimate of drug-likeness (QED) is 0.431. The summed E-state index contributed by atoms with van der Waals surface area (Å²) in [7, 11) is 0. The van der Waals surface area contributed by atoms with E-state index in [1.807, 2.05) is 6.07 Å². The van der Waals surface area contributed by atoms with Crippen molar-refractivity contribution in [1.29, 1.82) is 0 Å². The highest BCUT2D eigenvalue weighted by Crippen LogP contribution is 2.09. The number of rotatable bonds is 10. The van der Waals surface area contributed by atoms with Crippen molar-refractivity contribution in [1.82, 2.24) is 0 Å². The SMILES string of the molecule is CC/C(C)=C\COC(Cc1ccccc1)OC/C=C(\C)CC. The van der Waals surface area contributed by atoms with Gasteiger partial charge in [0.05, 0.1) is 13.2 Å². The summed E-state index contributed by atoms with van der Waals surface area (Å²) in [6.45, 7) is 9.78. The summed E-state index contributed by atoms with van der Waals surface area (Å²) in [5.74, 6) is 0. The number of hydrogen-bond acceptors (Lipinski definition) is 2. The van der Waals surface area contributed by atoms with Crippen molar-refractivity contribution in [3.05, 3.63) is 59.2 Å². The molecule has 0 bridgehead atoms. The summed E-state index contributed by atoms with van der Waals surface area (Å²) in [6.07, 6.45) is 6.96. The van der Waals surface area contributed by atoms with Gasteiger partial charge in [0.25, 0.3) is 0 Å². The molecule has 0 aliphatic rings. The van der Waals surface area contributed by atoms with Gasteiger partial charge in [0.1, 0.15) is 0 Å². The Morgan fingerprint density at radius 3 is 1.86 bits per heavy atom. The van der Waals surface area contributed by atoms with E-state index in [0.29, 0.717) is 13.2 Å². The van der Waals surface area contributed by atoms with Gasteiger partial charge >= 0.3 is 0 Å². The molecule has 0 amide bonds. The van der Waals surface area contributed by atoms with Crippen LogP contribution in [0, 0.1) is 0 Å². The van der Waals surface area contributed by atoms with Gasteiger partial charge in [-0.05, 0) is 32.3 Å². The fraction of sp³-hybridized carbons (Fsp3) is 0.500. The van der Waals surface area contributed by atoms with Crippen LogP contribution in [0.3, 0.4) is 0 Å². The van der Waals surface area contributed by atoms with E-state index in [-0.39, 0.29) is 6.29 Å². The lowest BCUT2D eigenvalue weighted by molar-refractivity contribution is -0.125. The first-order valence-electron chi connectivity index (χ1n) is 8.24. The molecule has 0 radical (unpaired) electrons. The number of hydrogen-bond donors (Lipinski definition) is 0. The van der Waals surface area contributed by atoms with Crippen LogP contribution in [0.25, 0.3) is 0 Å². The molecule has 2 nitrogen and oxygen atoms in total. The fourth-order valence-electron chi connectivity index (χ4n) is 1.86. The largest absolute Gasteiger partial charge is 0.348 e. The third-order valence-electron chi connectivity index (χ3n) is 3.79. The standard InChI is InChI=1S/C20H30O2/c1-5-17(3)12-14-21-20(22-15-13-18(4)6-2)16-19-10-8-7-9-11-19/h7-13,20H,5-6,14-16H2,1-4H3/b17-12-,18-13+. The maximum Gasteiger partial charge on any atom is 0.162 e. The van der Waals surface area contributed by atoms with E-state index in [2.05, 4.69) is 64.1 Å². The Morgan fingerprint density at radius 2 is 1.41 bits per heavy atom. The smallest absolute Gasteiger partial charge is 0.162 e. The highest BCUT2D eigenvalue weighted by molar-refractivity contribution is 5.15. The summed E-state index contributed by atoms with van der Waals surface area (Å²) < 4.78 is 11.8. The molecular weight excluding hydrogens is 272 g/mol. The van der Waals surface area contributed by atoms with Crippen LogP contribution in [0.5, 0.6) is 0 Å². The molecule has 22 heavy (non-hydrogen) atoms. The van der Waals surface area contributed by atoms with Crippen molar-refractivity contribution in [3.8, 4) is 0 Å². The van der Waals surface area contributed by atoms with Crippen molar-refractivity contribution in [2.75, 3.05) is 13.2 Å². The second kappa shape index (κ2) is 11.2. The van der Waals surface area contributed by atoms with E-state index < -0.39 is 0 Å². The fourth-order valence-corrected chi connectivity index (χ4v) is 1.86. The van der Waals surface area contributed by atoms with E-state index in [0.717, 1.165) is 19.3 Å². The highest BCUT2D eigenvalue weighted by Gasteiger charge is 2.09. The molecule has 0 N–H and O–H groups in total. The minimum absolute atomic E-state index is 0.204. The maximum absolute atomic E-state index is 5.91. The third kappa shape index (κ3) is 8.16. The van der Waals surface area contributed by atoms with Crippen LogP contribution in [0.15, 0.2) is 53.6 Å². The molecule has 0 aliphatic heterocycles. The van der Waals surface area contributed by atoms with Crippen molar-refractivity contribution in [3.63, 3.8) is 0 Å². The van der Waals surface area contributed by atoms with Crippen LogP contribution >= 0.6 is 0 Å². The molecule has 0 saturated heterocycles. The first-order chi connectivity index (χ1) is 10.7. The minimum Gasteiger partial charge on any atom is -0.348 e. The molecule has 1 atom stereocenters. The van der Waals surface area contributed by atoms with E-state index in [1.54, 1.807) is 0 Å². The molecule has 1 aromatic rings. The van der Waals surface area contributed by atoms with Crippen LogP contribution in [0.2, 0.25) is 0 Å². The zero-order valence-corrected chi connectivity index (χ0v) is 14.5. The molecule has 0 aromatic heterocycles.